The summed E-state index contributed by atoms with van der Waals surface area (Å²) in [7, 11) is 1.61. The van der Waals surface area contributed by atoms with Crippen LogP contribution in [0.1, 0.15) is 26.7 Å². The lowest BCUT2D eigenvalue weighted by molar-refractivity contribution is -0.145. The van der Waals surface area contributed by atoms with E-state index >= 15 is 0 Å². The van der Waals surface area contributed by atoms with Crippen molar-refractivity contribution in [2.75, 3.05) is 33.5 Å². The van der Waals surface area contributed by atoms with Gasteiger partial charge in [0.1, 0.15) is 6.61 Å². The van der Waals surface area contributed by atoms with Crippen LogP contribution in [0.3, 0.4) is 0 Å². The lowest BCUT2D eigenvalue weighted by atomic mass is 10.0. The first-order valence-corrected chi connectivity index (χ1v) is 5.47. The Balaban J connectivity index is 3.31. The minimum Gasteiger partial charge on any atom is -0.463 e. The van der Waals surface area contributed by atoms with Crippen molar-refractivity contribution < 1.29 is 19.0 Å². The Hall–Kier alpha value is -0.650. The third-order valence-corrected chi connectivity index (χ3v) is 1.90. The molecule has 5 nitrogen and oxygen atoms in total. The van der Waals surface area contributed by atoms with E-state index in [2.05, 4.69) is 0 Å². The van der Waals surface area contributed by atoms with Crippen LogP contribution < -0.4 is 5.73 Å². The molecule has 0 aromatic carbocycles. The lowest BCUT2D eigenvalue weighted by Gasteiger charge is -2.17. The fraction of sp³-hybridized carbons (Fsp3) is 0.909. The molecule has 16 heavy (non-hydrogen) atoms. The predicted octanol–water partition coefficient (Wildman–Crippen LogP) is 0.710. The van der Waals surface area contributed by atoms with Gasteiger partial charge in [0.05, 0.1) is 19.8 Å². The van der Waals surface area contributed by atoms with Crippen LogP contribution >= 0.6 is 0 Å². The molecule has 0 atom stereocenters. The Bertz CT molecular complexity index is 189. The van der Waals surface area contributed by atoms with Crippen LogP contribution in [-0.2, 0) is 19.0 Å². The number of methoxy groups -OCH3 is 1. The fourth-order valence-electron chi connectivity index (χ4n) is 0.955. The Morgan fingerprint density at radius 3 is 2.38 bits per heavy atom. The van der Waals surface area contributed by atoms with Gasteiger partial charge in [-0.05, 0) is 20.3 Å². The van der Waals surface area contributed by atoms with Crippen molar-refractivity contribution in [1.29, 1.82) is 0 Å². The molecule has 0 saturated carbocycles. The van der Waals surface area contributed by atoms with Gasteiger partial charge in [-0.25, -0.2) is 0 Å². The van der Waals surface area contributed by atoms with E-state index in [0.29, 0.717) is 32.7 Å². The standard InChI is InChI=1S/C11H23NO4/c1-11(2,12)5-4-10(13)16-9-8-15-7-6-14-3/h4-9,12H2,1-3H3. The number of carbonyl (C=O) groups is 1. The summed E-state index contributed by atoms with van der Waals surface area (Å²) in [5, 5.41) is 0. The predicted molar refractivity (Wildman–Crippen MR) is 61.2 cm³/mol. The van der Waals surface area contributed by atoms with Gasteiger partial charge in [0.25, 0.3) is 0 Å². The molecule has 0 radical (unpaired) electrons. The third kappa shape index (κ3) is 11.4. The van der Waals surface area contributed by atoms with Gasteiger partial charge in [-0.2, -0.15) is 0 Å². The van der Waals surface area contributed by atoms with Crippen LogP contribution in [0.15, 0.2) is 0 Å². The maximum absolute atomic E-state index is 11.2. The normalized spacial score (nSPS) is 11.5. The molecule has 0 aliphatic carbocycles. The van der Waals surface area contributed by atoms with Crippen molar-refractivity contribution in [3.05, 3.63) is 0 Å². The SMILES string of the molecule is COCCOCCOC(=O)CCC(C)(C)N. The van der Waals surface area contributed by atoms with Gasteiger partial charge in [0, 0.05) is 19.1 Å². The summed E-state index contributed by atoms with van der Waals surface area (Å²) in [6.07, 6.45) is 0.970. The maximum atomic E-state index is 11.2. The number of nitrogens with two attached hydrogens (primary N) is 1. The molecule has 0 spiro atoms. The van der Waals surface area contributed by atoms with Crippen LogP contribution in [0.5, 0.6) is 0 Å². The van der Waals surface area contributed by atoms with E-state index < -0.39 is 0 Å². The van der Waals surface area contributed by atoms with Crippen molar-refractivity contribution in [3.63, 3.8) is 0 Å². The molecule has 0 unspecified atom stereocenters. The molecule has 0 aromatic heterocycles. The minimum atomic E-state index is -0.325. The Morgan fingerprint density at radius 2 is 1.81 bits per heavy atom. The summed E-state index contributed by atoms with van der Waals surface area (Å²) in [4.78, 5) is 11.2. The molecule has 0 saturated heterocycles. The first-order chi connectivity index (χ1) is 7.45. The molecule has 0 aliphatic heterocycles. The van der Waals surface area contributed by atoms with Crippen LogP contribution in [0.2, 0.25) is 0 Å². The molecule has 0 heterocycles. The van der Waals surface area contributed by atoms with Gasteiger partial charge in [0.15, 0.2) is 0 Å². The molecule has 2 N–H and O–H groups in total. The maximum Gasteiger partial charge on any atom is 0.305 e. The average Bonchev–Trinajstić information content (AvgIpc) is 2.19. The van der Waals surface area contributed by atoms with Crippen LogP contribution in [0.25, 0.3) is 0 Å². The third-order valence-electron chi connectivity index (χ3n) is 1.90. The number of hydrogen-bond acceptors (Lipinski definition) is 5. The number of carbonyl (C=O) groups excluding carboxylic acids is 1. The average molecular weight is 233 g/mol. The quantitative estimate of drug-likeness (QED) is 0.469. The highest BCUT2D eigenvalue weighted by Crippen LogP contribution is 2.07. The zero-order valence-electron chi connectivity index (χ0n) is 10.5. The van der Waals surface area contributed by atoms with Crippen molar-refractivity contribution in [3.8, 4) is 0 Å². The molecule has 0 aromatic rings. The van der Waals surface area contributed by atoms with Crippen LogP contribution in [0.4, 0.5) is 0 Å². The van der Waals surface area contributed by atoms with E-state index in [1.165, 1.54) is 0 Å². The Morgan fingerprint density at radius 1 is 1.19 bits per heavy atom. The van der Waals surface area contributed by atoms with E-state index in [1.807, 2.05) is 13.8 Å². The second-order valence-corrected chi connectivity index (χ2v) is 4.31. The molecular formula is C11H23NO4. The zero-order chi connectivity index (χ0) is 12.4. The van der Waals surface area contributed by atoms with Gasteiger partial charge < -0.3 is 19.9 Å². The molecular weight excluding hydrogens is 210 g/mol. The summed E-state index contributed by atoms with van der Waals surface area (Å²) < 4.78 is 14.9. The molecule has 0 rings (SSSR count). The van der Waals surface area contributed by atoms with E-state index in [-0.39, 0.29) is 18.1 Å². The molecule has 96 valence electrons. The number of esters is 1. The minimum absolute atomic E-state index is 0.228. The van der Waals surface area contributed by atoms with Crippen molar-refractivity contribution >= 4 is 5.97 Å². The lowest BCUT2D eigenvalue weighted by Crippen LogP contribution is -2.32. The summed E-state index contributed by atoms with van der Waals surface area (Å²) in [6, 6.07) is 0. The largest absolute Gasteiger partial charge is 0.463 e. The molecule has 5 heteroatoms. The van der Waals surface area contributed by atoms with Crippen molar-refractivity contribution in [2.45, 2.75) is 32.2 Å². The molecule has 0 aliphatic rings. The van der Waals surface area contributed by atoms with E-state index in [0.717, 1.165) is 0 Å². The summed E-state index contributed by atoms with van der Waals surface area (Å²) in [5.74, 6) is -0.228. The highest BCUT2D eigenvalue weighted by atomic mass is 16.6. The van der Waals surface area contributed by atoms with Gasteiger partial charge in [-0.15, -0.1) is 0 Å². The van der Waals surface area contributed by atoms with E-state index in [4.69, 9.17) is 19.9 Å². The summed E-state index contributed by atoms with van der Waals surface area (Å²) >= 11 is 0. The van der Waals surface area contributed by atoms with Crippen molar-refractivity contribution in [2.24, 2.45) is 5.73 Å². The smallest absolute Gasteiger partial charge is 0.305 e. The molecule has 0 bridgehead atoms. The van der Waals surface area contributed by atoms with Crippen molar-refractivity contribution in [1.82, 2.24) is 0 Å². The van der Waals surface area contributed by atoms with Gasteiger partial charge in [-0.3, -0.25) is 4.79 Å². The van der Waals surface area contributed by atoms with E-state index in [1.54, 1.807) is 7.11 Å². The molecule has 0 amide bonds. The summed E-state index contributed by atoms with van der Waals surface area (Å²) in [6.45, 7) is 5.52. The zero-order valence-corrected chi connectivity index (χ0v) is 10.5. The highest BCUT2D eigenvalue weighted by Gasteiger charge is 2.13. The number of ether oxygens (including phenoxy) is 3. The second-order valence-electron chi connectivity index (χ2n) is 4.31. The second kappa shape index (κ2) is 8.50. The van der Waals surface area contributed by atoms with Gasteiger partial charge in [0.2, 0.25) is 0 Å². The van der Waals surface area contributed by atoms with E-state index in [9.17, 15) is 4.79 Å². The van der Waals surface area contributed by atoms with Gasteiger partial charge in [-0.1, -0.05) is 0 Å². The Labute approximate surface area is 97.2 Å². The van der Waals surface area contributed by atoms with Crippen LogP contribution in [0, 0.1) is 0 Å². The highest BCUT2D eigenvalue weighted by molar-refractivity contribution is 5.69. The fourth-order valence-corrected chi connectivity index (χ4v) is 0.955. The molecule has 0 fully saturated rings. The van der Waals surface area contributed by atoms with Crippen LogP contribution in [-0.4, -0.2) is 45.0 Å². The summed E-state index contributed by atoms with van der Waals surface area (Å²) in [5.41, 5.74) is 5.42. The first-order valence-electron chi connectivity index (χ1n) is 5.47. The first kappa shape index (κ1) is 15.3. The monoisotopic (exact) mass is 233 g/mol. The van der Waals surface area contributed by atoms with Gasteiger partial charge >= 0.3 is 5.97 Å². The Kier molecular flexibility index (Phi) is 8.15. The number of hydrogen-bond donors (Lipinski definition) is 1. The number of rotatable bonds is 9. The topological polar surface area (TPSA) is 70.8 Å².